The molecule has 2 aliphatic rings. The fourth-order valence-corrected chi connectivity index (χ4v) is 4.24. The van der Waals surface area contributed by atoms with Gasteiger partial charge in [-0.1, -0.05) is 12.1 Å². The highest BCUT2D eigenvalue weighted by atomic mass is 19.4. The van der Waals surface area contributed by atoms with Crippen molar-refractivity contribution >= 4 is 5.91 Å². The predicted octanol–water partition coefficient (Wildman–Crippen LogP) is 3.86. The van der Waals surface area contributed by atoms with Gasteiger partial charge in [-0.15, -0.1) is 13.2 Å². The summed E-state index contributed by atoms with van der Waals surface area (Å²) in [4.78, 5) is 14.8. The molecule has 2 fully saturated rings. The van der Waals surface area contributed by atoms with Crippen LogP contribution in [0.2, 0.25) is 0 Å². The minimum absolute atomic E-state index is 0.0428. The van der Waals surface area contributed by atoms with Crippen LogP contribution >= 0.6 is 0 Å². The first-order valence-corrected chi connectivity index (χ1v) is 10.5. The number of piperidine rings is 1. The number of nitrogens with zero attached hydrogens (tertiary/aromatic N) is 1. The summed E-state index contributed by atoms with van der Waals surface area (Å²) in [5.41, 5.74) is 0.153. The van der Waals surface area contributed by atoms with Crippen molar-refractivity contribution in [2.24, 2.45) is 0 Å². The van der Waals surface area contributed by atoms with Crippen molar-refractivity contribution in [3.05, 3.63) is 59.4 Å². The molecule has 0 spiro atoms. The van der Waals surface area contributed by atoms with Crippen LogP contribution in [-0.4, -0.2) is 63.5 Å². The van der Waals surface area contributed by atoms with Crippen LogP contribution in [0.25, 0.3) is 0 Å². The molecule has 0 saturated carbocycles. The van der Waals surface area contributed by atoms with E-state index in [4.69, 9.17) is 18.9 Å². The lowest BCUT2D eigenvalue weighted by Crippen LogP contribution is -2.53. The summed E-state index contributed by atoms with van der Waals surface area (Å²) in [6, 6.07) is 10.6. The number of methoxy groups -OCH3 is 1. The van der Waals surface area contributed by atoms with Crippen molar-refractivity contribution in [2.45, 2.75) is 24.5 Å². The van der Waals surface area contributed by atoms with Crippen LogP contribution in [0, 0.1) is 5.82 Å². The molecule has 0 radical (unpaired) electrons. The number of hydrogen-bond acceptors (Lipinski definition) is 6. The first-order valence-electron chi connectivity index (χ1n) is 10.5. The molecule has 4 rings (SSSR count). The smallest absolute Gasteiger partial charge is 0.493 e. The Morgan fingerprint density at radius 2 is 2.00 bits per heavy atom. The van der Waals surface area contributed by atoms with E-state index in [2.05, 4.69) is 4.74 Å². The Hall–Kier alpha value is -2.89. The van der Waals surface area contributed by atoms with Crippen LogP contribution in [0.1, 0.15) is 22.3 Å². The Bertz CT molecular complexity index is 1030. The highest BCUT2D eigenvalue weighted by molar-refractivity contribution is 5.95. The number of alkyl halides is 3. The van der Waals surface area contributed by atoms with E-state index in [1.807, 2.05) is 0 Å². The second kappa shape index (κ2) is 9.77. The van der Waals surface area contributed by atoms with Crippen LogP contribution in [0.5, 0.6) is 11.5 Å². The Morgan fingerprint density at radius 3 is 2.74 bits per heavy atom. The van der Waals surface area contributed by atoms with E-state index in [0.29, 0.717) is 24.1 Å². The van der Waals surface area contributed by atoms with Crippen LogP contribution < -0.4 is 9.47 Å². The SMILES string of the molecule is COc1cc(C(=O)N2CC[C@@]3(c4cccc(F)c4)OCO[C@H]3C2)ccc1OCCOC(F)(F)F. The third-order valence-electron chi connectivity index (χ3n) is 5.86. The summed E-state index contributed by atoms with van der Waals surface area (Å²) in [6.45, 7) is -0.398. The third kappa shape index (κ3) is 5.11. The van der Waals surface area contributed by atoms with Crippen molar-refractivity contribution in [2.75, 3.05) is 40.2 Å². The van der Waals surface area contributed by atoms with E-state index in [1.54, 1.807) is 17.0 Å². The van der Waals surface area contributed by atoms with E-state index in [-0.39, 0.29) is 43.2 Å². The van der Waals surface area contributed by atoms with Gasteiger partial charge in [0.15, 0.2) is 11.5 Å². The number of rotatable bonds is 7. The van der Waals surface area contributed by atoms with Crippen molar-refractivity contribution < 1.29 is 46.0 Å². The zero-order valence-corrected chi connectivity index (χ0v) is 18.3. The van der Waals surface area contributed by atoms with Crippen LogP contribution in [0.3, 0.4) is 0 Å². The second-order valence-electron chi connectivity index (χ2n) is 7.83. The van der Waals surface area contributed by atoms with Crippen molar-refractivity contribution in [1.29, 1.82) is 0 Å². The van der Waals surface area contributed by atoms with Gasteiger partial charge in [0.2, 0.25) is 0 Å². The largest absolute Gasteiger partial charge is 0.522 e. The maximum atomic E-state index is 13.8. The molecule has 2 aromatic carbocycles. The highest BCUT2D eigenvalue weighted by Gasteiger charge is 2.51. The van der Waals surface area contributed by atoms with E-state index in [0.717, 1.165) is 0 Å². The molecule has 0 unspecified atom stereocenters. The van der Waals surface area contributed by atoms with Crippen LogP contribution in [0.15, 0.2) is 42.5 Å². The van der Waals surface area contributed by atoms with Crippen molar-refractivity contribution in [3.63, 3.8) is 0 Å². The molecule has 2 atom stereocenters. The Kier molecular flexibility index (Phi) is 6.96. The monoisotopic (exact) mass is 485 g/mol. The lowest BCUT2D eigenvalue weighted by atomic mass is 9.82. The molecule has 2 saturated heterocycles. The third-order valence-corrected chi connectivity index (χ3v) is 5.86. The second-order valence-corrected chi connectivity index (χ2v) is 7.83. The van der Waals surface area contributed by atoms with Gasteiger partial charge in [0.1, 0.15) is 30.9 Å². The molecule has 34 heavy (non-hydrogen) atoms. The molecule has 11 heteroatoms. The standard InChI is InChI=1S/C23H23F4NO6/c1-30-19-11-15(5-6-18(19)31-9-10-33-23(25,26)27)21(29)28-8-7-22(20(13-28)32-14-34-22)16-3-2-4-17(24)12-16/h2-6,11-12,20H,7-10,13-14H2,1H3/t20-,22-/m0/s1. The van der Waals surface area contributed by atoms with Gasteiger partial charge in [-0.3, -0.25) is 9.53 Å². The average Bonchev–Trinajstić information content (AvgIpc) is 3.25. The molecule has 1 amide bonds. The normalized spacial score (nSPS) is 22.4. The van der Waals surface area contributed by atoms with Gasteiger partial charge in [0.25, 0.3) is 5.91 Å². The van der Waals surface area contributed by atoms with Gasteiger partial charge in [-0.05, 0) is 35.9 Å². The van der Waals surface area contributed by atoms with E-state index in [9.17, 15) is 22.4 Å². The average molecular weight is 485 g/mol. The minimum atomic E-state index is -4.74. The molecule has 7 nitrogen and oxygen atoms in total. The number of amides is 1. The summed E-state index contributed by atoms with van der Waals surface area (Å²) in [5, 5.41) is 0. The zero-order valence-electron chi connectivity index (χ0n) is 18.3. The van der Waals surface area contributed by atoms with Crippen LogP contribution in [0.4, 0.5) is 17.6 Å². The molecule has 0 aromatic heterocycles. The van der Waals surface area contributed by atoms with E-state index in [1.165, 1.54) is 37.4 Å². The maximum Gasteiger partial charge on any atom is 0.522 e. The Labute approximate surface area is 193 Å². The molecule has 2 aromatic rings. The molecule has 2 aliphatic heterocycles. The summed E-state index contributed by atoms with van der Waals surface area (Å²) in [5.74, 6) is -0.279. The topological polar surface area (TPSA) is 66.5 Å². The molecule has 184 valence electrons. The lowest BCUT2D eigenvalue weighted by molar-refractivity contribution is -0.325. The fraction of sp³-hybridized carbons (Fsp3) is 0.435. The summed E-state index contributed by atoms with van der Waals surface area (Å²) >= 11 is 0. The molecule has 0 aliphatic carbocycles. The minimum Gasteiger partial charge on any atom is -0.493 e. The summed E-state index contributed by atoms with van der Waals surface area (Å²) in [6.07, 6.45) is -4.78. The van der Waals surface area contributed by atoms with E-state index < -0.39 is 24.7 Å². The van der Waals surface area contributed by atoms with Crippen LogP contribution in [-0.2, 0) is 19.8 Å². The van der Waals surface area contributed by atoms with Crippen molar-refractivity contribution in [3.8, 4) is 11.5 Å². The number of likely N-dealkylation sites (tertiary alicyclic amines) is 1. The molecular weight excluding hydrogens is 462 g/mol. The number of carbonyl (C=O) groups excluding carboxylic acids is 1. The Morgan fingerprint density at radius 1 is 1.18 bits per heavy atom. The fourth-order valence-electron chi connectivity index (χ4n) is 4.24. The zero-order chi connectivity index (χ0) is 24.3. The number of benzene rings is 2. The lowest BCUT2D eigenvalue weighted by Gasteiger charge is -2.42. The van der Waals surface area contributed by atoms with Gasteiger partial charge < -0.3 is 23.8 Å². The van der Waals surface area contributed by atoms with Gasteiger partial charge in [-0.2, -0.15) is 0 Å². The number of ether oxygens (including phenoxy) is 5. The van der Waals surface area contributed by atoms with E-state index >= 15 is 0 Å². The number of fused-ring (bicyclic) bond motifs is 1. The number of halogens is 4. The quantitative estimate of drug-likeness (QED) is 0.438. The molecular formula is C23H23F4NO6. The number of carbonyl (C=O) groups is 1. The highest BCUT2D eigenvalue weighted by Crippen LogP contribution is 2.43. The number of hydrogen-bond donors (Lipinski definition) is 0. The van der Waals surface area contributed by atoms with Gasteiger partial charge in [-0.25, -0.2) is 4.39 Å². The maximum absolute atomic E-state index is 13.8. The first-order chi connectivity index (χ1) is 16.2. The van der Waals surface area contributed by atoms with Gasteiger partial charge in [0.05, 0.1) is 20.3 Å². The first kappa shape index (κ1) is 24.2. The summed E-state index contributed by atoms with van der Waals surface area (Å²) in [7, 11) is 1.36. The van der Waals surface area contributed by atoms with Gasteiger partial charge >= 0.3 is 6.36 Å². The predicted molar refractivity (Wildman–Crippen MR) is 110 cm³/mol. The summed E-state index contributed by atoms with van der Waals surface area (Å²) < 4.78 is 75.9. The van der Waals surface area contributed by atoms with Crippen molar-refractivity contribution in [1.82, 2.24) is 4.90 Å². The molecule has 0 bridgehead atoms. The molecule has 2 heterocycles. The van der Waals surface area contributed by atoms with Gasteiger partial charge in [0, 0.05) is 18.5 Å². The molecule has 0 N–H and O–H groups in total. The Balaban J connectivity index is 1.43.